The highest BCUT2D eigenvalue weighted by molar-refractivity contribution is 5.79. The lowest BCUT2D eigenvalue weighted by molar-refractivity contribution is 0.177. The Hall–Kier alpha value is -2.61. The van der Waals surface area contributed by atoms with Crippen LogP contribution in [0, 0.1) is 0 Å². The molecule has 1 aromatic heterocycles. The van der Waals surface area contributed by atoms with Gasteiger partial charge in [-0.2, -0.15) is 5.10 Å². The Bertz CT molecular complexity index is 800. The number of hydrogen-bond acceptors (Lipinski definition) is 5. The molecular formula is C21H32N6O2. The first-order chi connectivity index (χ1) is 14.1. The summed E-state index contributed by atoms with van der Waals surface area (Å²) in [6.45, 7) is 6.11. The van der Waals surface area contributed by atoms with E-state index in [-0.39, 0.29) is 12.1 Å². The number of rotatable bonds is 8. The van der Waals surface area contributed by atoms with E-state index in [4.69, 9.17) is 9.47 Å². The standard InChI is InChI=1S/C21H32N6O2/c1-15(2)29-18-8-5-16(6-9-18)11-12-23-21(22-3)24-17-7-10-20-25-19(14-28-4)26-27(20)13-17/h5-6,8-9,15,17H,7,10-14H2,1-4H3,(H2,22,23,24). The number of nitrogens with zero attached hydrogens (tertiary/aromatic N) is 4. The topological polar surface area (TPSA) is 85.6 Å². The van der Waals surface area contributed by atoms with E-state index >= 15 is 0 Å². The van der Waals surface area contributed by atoms with Crippen molar-refractivity contribution in [3.05, 3.63) is 41.5 Å². The highest BCUT2D eigenvalue weighted by atomic mass is 16.5. The molecule has 0 saturated carbocycles. The molecule has 158 valence electrons. The molecule has 0 fully saturated rings. The minimum atomic E-state index is 0.192. The zero-order valence-electron chi connectivity index (χ0n) is 17.8. The number of ether oxygens (including phenoxy) is 2. The molecule has 29 heavy (non-hydrogen) atoms. The molecule has 0 spiro atoms. The van der Waals surface area contributed by atoms with Crippen molar-refractivity contribution in [2.24, 2.45) is 4.99 Å². The molecule has 1 aliphatic heterocycles. The van der Waals surface area contributed by atoms with Gasteiger partial charge in [0.2, 0.25) is 0 Å². The van der Waals surface area contributed by atoms with E-state index < -0.39 is 0 Å². The van der Waals surface area contributed by atoms with Crippen molar-refractivity contribution in [1.82, 2.24) is 25.4 Å². The van der Waals surface area contributed by atoms with Crippen LogP contribution in [-0.2, 0) is 30.7 Å². The summed E-state index contributed by atoms with van der Waals surface area (Å²) in [6.07, 6.45) is 3.01. The fraction of sp³-hybridized carbons (Fsp3) is 0.571. The van der Waals surface area contributed by atoms with Gasteiger partial charge in [-0.1, -0.05) is 12.1 Å². The van der Waals surface area contributed by atoms with Gasteiger partial charge in [-0.25, -0.2) is 9.67 Å². The molecule has 8 heteroatoms. The second-order valence-electron chi connectivity index (χ2n) is 7.50. The van der Waals surface area contributed by atoms with E-state index in [1.54, 1.807) is 14.2 Å². The van der Waals surface area contributed by atoms with Gasteiger partial charge < -0.3 is 20.1 Å². The fourth-order valence-corrected chi connectivity index (χ4v) is 3.39. The third-order valence-corrected chi connectivity index (χ3v) is 4.74. The van der Waals surface area contributed by atoms with Crippen LogP contribution in [0.5, 0.6) is 5.75 Å². The summed E-state index contributed by atoms with van der Waals surface area (Å²) in [5.41, 5.74) is 1.26. The lowest BCUT2D eigenvalue weighted by Gasteiger charge is -2.25. The Morgan fingerprint density at radius 2 is 2.10 bits per heavy atom. The predicted octanol–water partition coefficient (Wildman–Crippen LogP) is 1.93. The molecule has 2 N–H and O–H groups in total. The predicted molar refractivity (Wildman–Crippen MR) is 113 cm³/mol. The smallest absolute Gasteiger partial charge is 0.191 e. The van der Waals surface area contributed by atoms with Gasteiger partial charge in [0.25, 0.3) is 0 Å². The molecule has 0 aliphatic carbocycles. The third-order valence-electron chi connectivity index (χ3n) is 4.74. The number of aliphatic imine (C=N–C) groups is 1. The molecule has 0 saturated heterocycles. The van der Waals surface area contributed by atoms with Crippen molar-refractivity contribution in [3.63, 3.8) is 0 Å². The zero-order chi connectivity index (χ0) is 20.6. The van der Waals surface area contributed by atoms with E-state index in [1.165, 1.54) is 5.56 Å². The van der Waals surface area contributed by atoms with Crippen LogP contribution in [0.25, 0.3) is 0 Å². The molecule has 2 heterocycles. The average Bonchev–Trinajstić information content (AvgIpc) is 3.10. The van der Waals surface area contributed by atoms with E-state index in [2.05, 4.69) is 37.8 Å². The number of guanidine groups is 1. The Balaban J connectivity index is 1.45. The maximum Gasteiger partial charge on any atom is 0.191 e. The molecule has 8 nitrogen and oxygen atoms in total. The van der Waals surface area contributed by atoms with Crippen molar-refractivity contribution in [3.8, 4) is 5.75 Å². The SMILES string of the molecule is CN=C(NCCc1ccc(OC(C)C)cc1)NC1CCc2nc(COC)nn2C1. The van der Waals surface area contributed by atoms with Crippen LogP contribution in [-0.4, -0.2) is 53.6 Å². The summed E-state index contributed by atoms with van der Waals surface area (Å²) in [5.74, 6) is 3.50. The maximum absolute atomic E-state index is 5.69. The molecule has 1 unspecified atom stereocenters. The summed E-state index contributed by atoms with van der Waals surface area (Å²) >= 11 is 0. The number of aromatic nitrogens is 3. The summed E-state index contributed by atoms with van der Waals surface area (Å²) in [4.78, 5) is 8.88. The lowest BCUT2D eigenvalue weighted by Crippen LogP contribution is -2.47. The maximum atomic E-state index is 5.69. The third kappa shape index (κ3) is 6.19. The van der Waals surface area contributed by atoms with Gasteiger partial charge in [0.1, 0.15) is 18.2 Å². The van der Waals surface area contributed by atoms with E-state index in [1.807, 2.05) is 30.7 Å². The molecule has 3 rings (SSSR count). The van der Waals surface area contributed by atoms with Crippen LogP contribution in [0.2, 0.25) is 0 Å². The molecule has 1 aliphatic rings. The summed E-state index contributed by atoms with van der Waals surface area (Å²) in [5, 5.41) is 11.4. The van der Waals surface area contributed by atoms with Crippen LogP contribution < -0.4 is 15.4 Å². The Kier molecular flexibility index (Phi) is 7.46. The summed E-state index contributed by atoms with van der Waals surface area (Å²) in [6, 6.07) is 8.55. The van der Waals surface area contributed by atoms with Crippen molar-refractivity contribution in [1.29, 1.82) is 0 Å². The summed E-state index contributed by atoms with van der Waals surface area (Å²) < 4.78 is 12.8. The normalized spacial score (nSPS) is 16.6. The van der Waals surface area contributed by atoms with Crippen molar-refractivity contribution < 1.29 is 9.47 Å². The van der Waals surface area contributed by atoms with Gasteiger partial charge in [-0.15, -0.1) is 0 Å². The van der Waals surface area contributed by atoms with Gasteiger partial charge in [0.05, 0.1) is 12.6 Å². The lowest BCUT2D eigenvalue weighted by atomic mass is 10.1. The van der Waals surface area contributed by atoms with E-state index in [0.29, 0.717) is 6.61 Å². The average molecular weight is 401 g/mol. The van der Waals surface area contributed by atoms with Crippen molar-refractivity contribution in [2.75, 3.05) is 20.7 Å². The molecule has 2 aromatic rings. The van der Waals surface area contributed by atoms with Gasteiger partial charge >= 0.3 is 0 Å². The van der Waals surface area contributed by atoms with Crippen LogP contribution >= 0.6 is 0 Å². The quantitative estimate of drug-likeness (QED) is 0.520. The first-order valence-corrected chi connectivity index (χ1v) is 10.2. The van der Waals surface area contributed by atoms with Crippen LogP contribution in [0.1, 0.15) is 37.5 Å². The first-order valence-electron chi connectivity index (χ1n) is 10.2. The molecule has 1 atom stereocenters. The molecular weight excluding hydrogens is 368 g/mol. The highest BCUT2D eigenvalue weighted by Gasteiger charge is 2.22. The number of benzene rings is 1. The second-order valence-corrected chi connectivity index (χ2v) is 7.50. The minimum absolute atomic E-state index is 0.192. The van der Waals surface area contributed by atoms with Gasteiger partial charge in [0, 0.05) is 33.2 Å². The number of fused-ring (bicyclic) bond motifs is 1. The largest absolute Gasteiger partial charge is 0.491 e. The number of hydrogen-bond donors (Lipinski definition) is 2. The number of nitrogens with one attached hydrogen (secondary N) is 2. The monoisotopic (exact) mass is 400 g/mol. The number of aryl methyl sites for hydroxylation is 1. The zero-order valence-corrected chi connectivity index (χ0v) is 17.8. The summed E-state index contributed by atoms with van der Waals surface area (Å²) in [7, 11) is 3.46. The molecule has 1 aromatic carbocycles. The highest BCUT2D eigenvalue weighted by Crippen LogP contribution is 2.15. The van der Waals surface area contributed by atoms with Crippen LogP contribution in [0.15, 0.2) is 29.3 Å². The van der Waals surface area contributed by atoms with E-state index in [0.717, 1.165) is 55.7 Å². The molecule has 0 radical (unpaired) electrons. The van der Waals surface area contributed by atoms with E-state index in [9.17, 15) is 0 Å². The minimum Gasteiger partial charge on any atom is -0.491 e. The van der Waals surface area contributed by atoms with Gasteiger partial charge in [-0.3, -0.25) is 4.99 Å². The van der Waals surface area contributed by atoms with Gasteiger partial charge in [0.15, 0.2) is 11.8 Å². The van der Waals surface area contributed by atoms with Crippen molar-refractivity contribution in [2.45, 2.75) is 58.4 Å². The number of methoxy groups -OCH3 is 1. The Labute approximate surface area is 172 Å². The first kappa shape index (κ1) is 21.1. The molecule has 0 amide bonds. The van der Waals surface area contributed by atoms with Crippen LogP contribution in [0.4, 0.5) is 0 Å². The second kappa shape index (κ2) is 10.2. The fourth-order valence-electron chi connectivity index (χ4n) is 3.39. The van der Waals surface area contributed by atoms with Crippen molar-refractivity contribution >= 4 is 5.96 Å². The molecule has 0 bridgehead atoms. The van der Waals surface area contributed by atoms with Gasteiger partial charge in [-0.05, 0) is 44.4 Å². The Morgan fingerprint density at radius 1 is 1.31 bits per heavy atom. The van der Waals surface area contributed by atoms with Crippen LogP contribution in [0.3, 0.4) is 0 Å². The Morgan fingerprint density at radius 3 is 2.79 bits per heavy atom.